The fraction of sp³-hybridized carbons (Fsp3) is 0.292. The number of anilines is 1. The van der Waals surface area contributed by atoms with Crippen molar-refractivity contribution in [3.05, 3.63) is 36.5 Å². The Kier molecular flexibility index (Phi) is 10.3. The van der Waals surface area contributed by atoms with Crippen LogP contribution in [0.2, 0.25) is 0 Å². The number of hydrogen-bond donors (Lipinski definition) is 3. The molecule has 0 bridgehead atoms. The highest BCUT2D eigenvalue weighted by atomic mass is 35.5. The van der Waals surface area contributed by atoms with Crippen molar-refractivity contribution in [2.75, 3.05) is 33.8 Å². The summed E-state index contributed by atoms with van der Waals surface area (Å²) >= 11 is 1.31. The molecular formula is C24H28ClN3O7S. The predicted octanol–water partition coefficient (Wildman–Crippen LogP) is -0.0707. The molecule has 5 N–H and O–H groups in total. The Morgan fingerprint density at radius 1 is 1.00 bits per heavy atom. The lowest BCUT2D eigenvalue weighted by Crippen LogP contribution is -3.00. The van der Waals surface area contributed by atoms with Crippen molar-refractivity contribution in [2.24, 2.45) is 0 Å². The molecule has 2 aromatic carbocycles. The number of amides is 1. The van der Waals surface area contributed by atoms with Crippen LogP contribution in [-0.2, 0) is 9.59 Å². The molecule has 194 valence electrons. The van der Waals surface area contributed by atoms with Crippen LogP contribution >= 0.6 is 11.5 Å². The second-order valence-electron chi connectivity index (χ2n) is 7.52. The summed E-state index contributed by atoms with van der Waals surface area (Å²) in [4.78, 5) is 24.3. The van der Waals surface area contributed by atoms with Crippen LogP contribution in [-0.4, -0.2) is 55.8 Å². The lowest BCUT2D eigenvalue weighted by molar-refractivity contribution is -0.403. The third kappa shape index (κ3) is 6.36. The summed E-state index contributed by atoms with van der Waals surface area (Å²) in [5.41, 5.74) is 6.67. The van der Waals surface area contributed by atoms with Gasteiger partial charge in [0.25, 0.3) is 5.91 Å². The highest BCUT2D eigenvalue weighted by Gasteiger charge is 2.22. The third-order valence-electron chi connectivity index (χ3n) is 5.34. The van der Waals surface area contributed by atoms with Gasteiger partial charge >= 0.3 is 5.97 Å². The summed E-state index contributed by atoms with van der Waals surface area (Å²) in [6, 6.07) is 8.37. The van der Waals surface area contributed by atoms with E-state index in [0.717, 1.165) is 21.6 Å². The summed E-state index contributed by atoms with van der Waals surface area (Å²) in [5, 5.41) is 11.7. The van der Waals surface area contributed by atoms with E-state index in [0.29, 0.717) is 28.7 Å². The van der Waals surface area contributed by atoms with Crippen LogP contribution in [0, 0.1) is 0 Å². The van der Waals surface area contributed by atoms with Gasteiger partial charge < -0.3 is 47.5 Å². The molecule has 10 nitrogen and oxygen atoms in total. The van der Waals surface area contributed by atoms with Crippen molar-refractivity contribution >= 4 is 29.1 Å². The van der Waals surface area contributed by atoms with E-state index >= 15 is 0 Å². The summed E-state index contributed by atoms with van der Waals surface area (Å²) in [6.45, 7) is 0. The summed E-state index contributed by atoms with van der Waals surface area (Å²) in [7, 11) is 6.16. The Bertz CT molecular complexity index is 1190. The maximum atomic E-state index is 12.6. The van der Waals surface area contributed by atoms with Gasteiger partial charge in [0.05, 0.1) is 45.4 Å². The van der Waals surface area contributed by atoms with Crippen LogP contribution in [0.4, 0.5) is 5.69 Å². The first-order valence-corrected chi connectivity index (χ1v) is 11.4. The standard InChI is InChI=1S/C24H27N3O7S.ClH/c1-31-18-7-5-13(9-17(18)27-24(30)16(25)6-8-21(28)29)15-12-26-35-23(15)14-10-19(32-2)22(34-4)20(11-14)33-3;/h5,7,9-12,16H,6,8,25H2,1-4H3,(H,27,30)(H,28,29);1H/t16-;/m0./s1. The number of rotatable bonds is 11. The normalized spacial score (nSPS) is 11.1. The van der Waals surface area contributed by atoms with Crippen molar-refractivity contribution in [1.29, 1.82) is 0 Å². The van der Waals surface area contributed by atoms with Crippen molar-refractivity contribution < 1.29 is 51.8 Å². The van der Waals surface area contributed by atoms with Crippen molar-refractivity contribution in [1.82, 2.24) is 4.37 Å². The van der Waals surface area contributed by atoms with Gasteiger partial charge in [-0.25, -0.2) is 0 Å². The number of carboxylic acids is 1. The van der Waals surface area contributed by atoms with Gasteiger partial charge in [0.15, 0.2) is 17.5 Å². The average Bonchev–Trinajstić information content (AvgIpc) is 3.36. The van der Waals surface area contributed by atoms with Gasteiger partial charge in [0, 0.05) is 23.7 Å². The number of nitrogens with zero attached hydrogens (tertiary/aromatic N) is 1. The molecule has 0 aliphatic heterocycles. The molecule has 36 heavy (non-hydrogen) atoms. The summed E-state index contributed by atoms with van der Waals surface area (Å²) < 4.78 is 26.2. The van der Waals surface area contributed by atoms with Gasteiger partial charge in [-0.15, -0.1) is 0 Å². The molecular weight excluding hydrogens is 510 g/mol. The molecule has 0 spiro atoms. The van der Waals surface area contributed by atoms with E-state index in [2.05, 4.69) is 15.4 Å². The highest BCUT2D eigenvalue weighted by Crippen LogP contribution is 2.45. The fourth-order valence-corrected chi connectivity index (χ4v) is 4.26. The maximum absolute atomic E-state index is 12.6. The fourth-order valence-electron chi connectivity index (χ4n) is 3.50. The number of hydrogen-bond acceptors (Lipinski definition) is 8. The zero-order valence-corrected chi connectivity index (χ0v) is 21.9. The molecule has 0 aliphatic rings. The Labute approximate surface area is 218 Å². The number of ether oxygens (including phenoxy) is 4. The number of nitrogens with one attached hydrogen (secondary N) is 1. The van der Waals surface area contributed by atoms with Gasteiger partial charge in [-0.3, -0.25) is 9.59 Å². The lowest BCUT2D eigenvalue weighted by Gasteiger charge is -2.15. The van der Waals surface area contributed by atoms with Gasteiger partial charge in [0.1, 0.15) is 5.75 Å². The Morgan fingerprint density at radius 2 is 1.64 bits per heavy atom. The Hall–Kier alpha value is -3.54. The molecule has 0 unspecified atom stereocenters. The SMILES string of the molecule is COc1ccc(-c2cnsc2-c2cc(OC)c(OC)c(OC)c2)cc1NC(=O)[C@@H]([NH3+])CCC(=O)O.[Cl-]. The monoisotopic (exact) mass is 537 g/mol. The number of aromatic nitrogens is 1. The average molecular weight is 538 g/mol. The first kappa shape index (κ1) is 28.7. The molecule has 0 fully saturated rings. The smallest absolute Gasteiger partial charge is 0.303 e. The van der Waals surface area contributed by atoms with Gasteiger partial charge in [-0.2, -0.15) is 4.37 Å². The number of methoxy groups -OCH3 is 4. The molecule has 3 rings (SSSR count). The first-order chi connectivity index (χ1) is 16.8. The zero-order valence-electron chi connectivity index (χ0n) is 20.3. The molecule has 0 radical (unpaired) electrons. The van der Waals surface area contributed by atoms with Crippen LogP contribution in [0.5, 0.6) is 23.0 Å². The predicted molar refractivity (Wildman–Crippen MR) is 131 cm³/mol. The quantitative estimate of drug-likeness (QED) is 0.308. The van der Waals surface area contributed by atoms with Crippen molar-refractivity contribution in [3.8, 4) is 44.6 Å². The molecule has 1 amide bonds. The molecule has 12 heteroatoms. The van der Waals surface area contributed by atoms with Gasteiger partial charge in [-0.1, -0.05) is 6.07 Å². The largest absolute Gasteiger partial charge is 1.00 e. The van der Waals surface area contributed by atoms with Gasteiger partial charge in [0.2, 0.25) is 5.75 Å². The van der Waals surface area contributed by atoms with E-state index in [1.165, 1.54) is 18.6 Å². The highest BCUT2D eigenvalue weighted by molar-refractivity contribution is 7.10. The van der Waals surface area contributed by atoms with Crippen LogP contribution in [0.3, 0.4) is 0 Å². The molecule has 1 aromatic heterocycles. The van der Waals surface area contributed by atoms with E-state index in [1.807, 2.05) is 18.2 Å². The van der Waals surface area contributed by atoms with Crippen molar-refractivity contribution in [2.45, 2.75) is 18.9 Å². The molecule has 1 heterocycles. The molecule has 0 aliphatic carbocycles. The Balaban J connectivity index is 0.00000456. The van der Waals surface area contributed by atoms with Crippen molar-refractivity contribution in [3.63, 3.8) is 0 Å². The summed E-state index contributed by atoms with van der Waals surface area (Å²) in [5.74, 6) is 0.624. The number of carbonyl (C=O) groups excluding carboxylic acids is 1. The van der Waals surface area contributed by atoms with Crippen LogP contribution in [0.1, 0.15) is 12.8 Å². The number of carbonyl (C=O) groups is 2. The minimum Gasteiger partial charge on any atom is -1.00 e. The van der Waals surface area contributed by atoms with Gasteiger partial charge in [-0.05, 0) is 41.4 Å². The number of aliphatic carboxylic acids is 1. The number of halogens is 1. The van der Waals surface area contributed by atoms with Crippen LogP contribution in [0.25, 0.3) is 21.6 Å². The van der Waals surface area contributed by atoms with E-state index in [4.69, 9.17) is 24.1 Å². The molecule has 0 saturated carbocycles. The second-order valence-corrected chi connectivity index (χ2v) is 8.32. The minimum absolute atomic E-state index is 0. The number of carboxylic acid groups (broad SMARTS) is 1. The maximum Gasteiger partial charge on any atom is 0.303 e. The van der Waals surface area contributed by atoms with E-state index in [1.54, 1.807) is 39.7 Å². The summed E-state index contributed by atoms with van der Waals surface area (Å²) in [6.07, 6.45) is 1.73. The zero-order chi connectivity index (χ0) is 25.5. The van der Waals surface area contributed by atoms with Crippen LogP contribution < -0.4 is 42.4 Å². The Morgan fingerprint density at radius 3 is 2.19 bits per heavy atom. The van der Waals surface area contributed by atoms with E-state index < -0.39 is 17.9 Å². The lowest BCUT2D eigenvalue weighted by atomic mass is 10.0. The van der Waals surface area contributed by atoms with E-state index in [-0.39, 0.29) is 25.2 Å². The molecule has 3 aromatic rings. The molecule has 0 saturated heterocycles. The minimum atomic E-state index is -0.977. The topological polar surface area (TPSA) is 144 Å². The molecule has 1 atom stereocenters. The number of quaternary nitrogens is 1. The number of benzene rings is 2. The van der Waals surface area contributed by atoms with Crippen LogP contribution in [0.15, 0.2) is 36.5 Å². The third-order valence-corrected chi connectivity index (χ3v) is 6.19. The van der Waals surface area contributed by atoms with E-state index in [9.17, 15) is 9.59 Å². The second kappa shape index (κ2) is 13.0. The first-order valence-electron chi connectivity index (χ1n) is 10.6.